The average Bonchev–Trinajstić information content (AvgIpc) is 2.99. The predicted molar refractivity (Wildman–Crippen MR) is 90.9 cm³/mol. The molecule has 2 aromatic carbocycles. The van der Waals surface area contributed by atoms with E-state index in [1.807, 2.05) is 48.5 Å². The predicted octanol–water partition coefficient (Wildman–Crippen LogP) is 3.16. The zero-order valence-electron chi connectivity index (χ0n) is 13.4. The zero-order chi connectivity index (χ0) is 16.1. The lowest BCUT2D eigenvalue weighted by atomic mass is 10.1. The summed E-state index contributed by atoms with van der Waals surface area (Å²) < 4.78 is 5.77. The molecular formula is C19H22N2O2. The molecule has 0 saturated carbocycles. The summed E-state index contributed by atoms with van der Waals surface area (Å²) in [6.07, 6.45) is 1.15. The topological polar surface area (TPSA) is 41.6 Å². The number of amides is 1. The van der Waals surface area contributed by atoms with Gasteiger partial charge >= 0.3 is 0 Å². The van der Waals surface area contributed by atoms with Gasteiger partial charge in [-0.1, -0.05) is 24.3 Å². The van der Waals surface area contributed by atoms with Crippen LogP contribution in [0.4, 0.5) is 0 Å². The van der Waals surface area contributed by atoms with Crippen LogP contribution in [0.5, 0.6) is 11.5 Å². The van der Waals surface area contributed by atoms with Crippen LogP contribution >= 0.6 is 0 Å². The monoisotopic (exact) mass is 310 g/mol. The first-order valence-electron chi connectivity index (χ1n) is 8.00. The fourth-order valence-corrected chi connectivity index (χ4v) is 2.86. The third-order valence-electron chi connectivity index (χ3n) is 4.12. The lowest BCUT2D eigenvalue weighted by molar-refractivity contribution is 0.0947. The Morgan fingerprint density at radius 3 is 2.70 bits per heavy atom. The van der Waals surface area contributed by atoms with E-state index < -0.39 is 0 Å². The van der Waals surface area contributed by atoms with Gasteiger partial charge in [0, 0.05) is 18.7 Å². The molecule has 1 saturated heterocycles. The highest BCUT2D eigenvalue weighted by Gasteiger charge is 2.20. The highest BCUT2D eigenvalue weighted by atomic mass is 16.5. The second kappa shape index (κ2) is 7.29. The highest BCUT2D eigenvalue weighted by Crippen LogP contribution is 2.22. The molecule has 0 unspecified atom stereocenters. The first-order valence-corrected chi connectivity index (χ1v) is 8.00. The van der Waals surface area contributed by atoms with Gasteiger partial charge in [0.15, 0.2) is 0 Å². The summed E-state index contributed by atoms with van der Waals surface area (Å²) in [7, 11) is 2.12. The van der Waals surface area contributed by atoms with Crippen LogP contribution in [0.15, 0.2) is 54.6 Å². The van der Waals surface area contributed by atoms with E-state index in [2.05, 4.69) is 17.3 Å². The number of carbonyl (C=O) groups is 1. The van der Waals surface area contributed by atoms with Crippen LogP contribution in [0.2, 0.25) is 0 Å². The van der Waals surface area contributed by atoms with Crippen molar-refractivity contribution in [2.75, 3.05) is 26.7 Å². The minimum absolute atomic E-state index is 0.0435. The summed E-state index contributed by atoms with van der Waals surface area (Å²) in [6, 6.07) is 16.9. The number of hydrogen-bond donors (Lipinski definition) is 1. The van der Waals surface area contributed by atoms with Crippen LogP contribution in [-0.2, 0) is 0 Å². The Morgan fingerprint density at radius 1 is 1.17 bits per heavy atom. The van der Waals surface area contributed by atoms with Crippen molar-refractivity contribution >= 4 is 5.91 Å². The Balaban J connectivity index is 1.59. The molecule has 3 rings (SSSR count). The van der Waals surface area contributed by atoms with Crippen LogP contribution in [-0.4, -0.2) is 37.5 Å². The van der Waals surface area contributed by atoms with Crippen LogP contribution in [0.3, 0.4) is 0 Å². The van der Waals surface area contributed by atoms with Gasteiger partial charge in [0.25, 0.3) is 5.91 Å². The van der Waals surface area contributed by atoms with Gasteiger partial charge in [0.2, 0.25) is 0 Å². The van der Waals surface area contributed by atoms with Gasteiger partial charge in [-0.05, 0) is 56.3 Å². The van der Waals surface area contributed by atoms with Crippen molar-refractivity contribution in [3.05, 3.63) is 60.2 Å². The van der Waals surface area contributed by atoms with Gasteiger partial charge in [0.1, 0.15) is 11.5 Å². The molecule has 2 aromatic rings. The quantitative estimate of drug-likeness (QED) is 0.922. The van der Waals surface area contributed by atoms with Crippen LogP contribution in [0, 0.1) is 5.92 Å². The lowest BCUT2D eigenvalue weighted by Gasteiger charge is -2.12. The van der Waals surface area contributed by atoms with Gasteiger partial charge in [-0.25, -0.2) is 0 Å². The summed E-state index contributed by atoms with van der Waals surface area (Å²) in [5, 5.41) is 3.03. The molecule has 1 aliphatic rings. The molecule has 4 nitrogen and oxygen atoms in total. The highest BCUT2D eigenvalue weighted by molar-refractivity contribution is 5.94. The van der Waals surface area contributed by atoms with E-state index in [4.69, 9.17) is 4.74 Å². The summed E-state index contributed by atoms with van der Waals surface area (Å²) >= 11 is 0. The smallest absolute Gasteiger partial charge is 0.251 e. The van der Waals surface area contributed by atoms with Crippen molar-refractivity contribution < 1.29 is 9.53 Å². The molecule has 1 fully saturated rings. The molecule has 1 N–H and O–H groups in total. The van der Waals surface area contributed by atoms with Gasteiger partial charge in [-0.2, -0.15) is 0 Å². The molecule has 0 aliphatic carbocycles. The molecule has 1 heterocycles. The molecule has 1 aliphatic heterocycles. The Kier molecular flexibility index (Phi) is 4.93. The Hall–Kier alpha value is -2.33. The fourth-order valence-electron chi connectivity index (χ4n) is 2.86. The lowest BCUT2D eigenvalue weighted by Crippen LogP contribution is -2.30. The number of benzene rings is 2. The normalized spacial score (nSPS) is 17.9. The van der Waals surface area contributed by atoms with Gasteiger partial charge in [-0.15, -0.1) is 0 Å². The molecule has 0 radical (unpaired) electrons. The summed E-state index contributed by atoms with van der Waals surface area (Å²) in [5.74, 6) is 1.94. The van der Waals surface area contributed by atoms with E-state index in [1.165, 1.54) is 0 Å². The number of rotatable bonds is 5. The van der Waals surface area contributed by atoms with E-state index in [1.54, 1.807) is 6.07 Å². The fraction of sp³-hybridized carbons (Fsp3) is 0.316. The SMILES string of the molecule is CN1CC[C@H](CNC(=O)c2cccc(Oc3ccccc3)c2)C1. The molecule has 0 aromatic heterocycles. The van der Waals surface area contributed by atoms with Crippen LogP contribution in [0.25, 0.3) is 0 Å². The molecule has 0 bridgehead atoms. The van der Waals surface area contributed by atoms with Crippen molar-refractivity contribution in [2.24, 2.45) is 5.92 Å². The molecule has 4 heteroatoms. The second-order valence-electron chi connectivity index (χ2n) is 6.07. The number of nitrogens with one attached hydrogen (secondary N) is 1. The van der Waals surface area contributed by atoms with Crippen molar-refractivity contribution in [3.63, 3.8) is 0 Å². The number of likely N-dealkylation sites (tertiary alicyclic amines) is 1. The van der Waals surface area contributed by atoms with Crippen molar-refractivity contribution in [3.8, 4) is 11.5 Å². The van der Waals surface area contributed by atoms with E-state index in [0.29, 0.717) is 17.2 Å². The minimum atomic E-state index is -0.0435. The molecular weight excluding hydrogens is 288 g/mol. The van der Waals surface area contributed by atoms with Gasteiger partial charge in [0.05, 0.1) is 0 Å². The summed E-state index contributed by atoms with van der Waals surface area (Å²) in [4.78, 5) is 14.6. The molecule has 1 atom stereocenters. The number of para-hydroxylation sites is 1. The molecule has 1 amide bonds. The van der Waals surface area contributed by atoms with Gasteiger partial charge < -0.3 is 15.0 Å². The maximum atomic E-state index is 12.3. The summed E-state index contributed by atoms with van der Waals surface area (Å²) in [5.41, 5.74) is 0.629. The number of ether oxygens (including phenoxy) is 1. The van der Waals surface area contributed by atoms with Crippen LogP contribution in [0.1, 0.15) is 16.8 Å². The first kappa shape index (κ1) is 15.6. The largest absolute Gasteiger partial charge is 0.457 e. The first-order chi connectivity index (χ1) is 11.2. The molecule has 23 heavy (non-hydrogen) atoms. The third kappa shape index (κ3) is 4.33. The van der Waals surface area contributed by atoms with E-state index in [9.17, 15) is 4.79 Å². The molecule has 0 spiro atoms. The van der Waals surface area contributed by atoms with Crippen molar-refractivity contribution in [1.29, 1.82) is 0 Å². The number of hydrogen-bond acceptors (Lipinski definition) is 3. The summed E-state index contributed by atoms with van der Waals surface area (Å²) in [6.45, 7) is 2.89. The second-order valence-corrected chi connectivity index (χ2v) is 6.07. The maximum Gasteiger partial charge on any atom is 0.251 e. The van der Waals surface area contributed by atoms with E-state index >= 15 is 0 Å². The molecule has 120 valence electrons. The van der Waals surface area contributed by atoms with Gasteiger partial charge in [-0.3, -0.25) is 4.79 Å². The standard InChI is InChI=1S/C19H22N2O2/c1-21-11-10-15(14-21)13-20-19(22)16-6-5-9-18(12-16)23-17-7-3-2-4-8-17/h2-9,12,15H,10-11,13-14H2,1H3,(H,20,22)/t15-/m1/s1. The Bertz CT molecular complexity index is 657. The van der Waals surface area contributed by atoms with Crippen molar-refractivity contribution in [2.45, 2.75) is 6.42 Å². The minimum Gasteiger partial charge on any atom is -0.457 e. The Morgan fingerprint density at radius 2 is 1.96 bits per heavy atom. The zero-order valence-corrected chi connectivity index (χ0v) is 13.4. The third-order valence-corrected chi connectivity index (χ3v) is 4.12. The maximum absolute atomic E-state index is 12.3. The number of carbonyl (C=O) groups excluding carboxylic acids is 1. The average molecular weight is 310 g/mol. The Labute approximate surface area is 137 Å². The van der Waals surface area contributed by atoms with E-state index in [-0.39, 0.29) is 5.91 Å². The van der Waals surface area contributed by atoms with Crippen molar-refractivity contribution in [1.82, 2.24) is 10.2 Å². The van der Waals surface area contributed by atoms with E-state index in [0.717, 1.165) is 31.8 Å². The van der Waals surface area contributed by atoms with Crippen LogP contribution < -0.4 is 10.1 Å². The number of nitrogens with zero attached hydrogens (tertiary/aromatic N) is 1.